The lowest BCUT2D eigenvalue weighted by molar-refractivity contribution is -0.0541. The number of aliphatic hydroxyl groups is 1. The van der Waals surface area contributed by atoms with Crippen molar-refractivity contribution in [2.45, 2.75) is 30.9 Å². The number of hydrogen-bond donors (Lipinski definition) is 1. The van der Waals surface area contributed by atoms with E-state index in [0.717, 1.165) is 25.8 Å². The summed E-state index contributed by atoms with van der Waals surface area (Å²) in [4.78, 5) is 2.38. The standard InChI is InChI=1S/C13H17NO/c1-14-7-6-13(15)9-11(14)8-10-4-2-3-5-12(10)13/h2-5,11,15H,6-9H2,1H3/t11-,13-/m1/s1. The Bertz CT molecular complexity index is 390. The van der Waals surface area contributed by atoms with Gasteiger partial charge in [0.2, 0.25) is 0 Å². The first-order chi connectivity index (χ1) is 7.19. The van der Waals surface area contributed by atoms with Crippen LogP contribution in [0.3, 0.4) is 0 Å². The van der Waals surface area contributed by atoms with Crippen LogP contribution >= 0.6 is 0 Å². The van der Waals surface area contributed by atoms with E-state index in [1.165, 1.54) is 11.1 Å². The summed E-state index contributed by atoms with van der Waals surface area (Å²) in [6.45, 7) is 1.01. The van der Waals surface area contributed by atoms with Crippen molar-refractivity contribution < 1.29 is 5.11 Å². The number of hydrogen-bond acceptors (Lipinski definition) is 2. The molecule has 2 nitrogen and oxygen atoms in total. The second-order valence-corrected chi connectivity index (χ2v) is 4.98. The molecule has 3 rings (SSSR count). The largest absolute Gasteiger partial charge is 0.385 e. The van der Waals surface area contributed by atoms with E-state index in [4.69, 9.17) is 0 Å². The fourth-order valence-corrected chi connectivity index (χ4v) is 3.07. The van der Waals surface area contributed by atoms with Crippen molar-refractivity contribution in [2.75, 3.05) is 13.6 Å². The van der Waals surface area contributed by atoms with Gasteiger partial charge in [-0.25, -0.2) is 0 Å². The predicted molar refractivity (Wildman–Crippen MR) is 59.7 cm³/mol. The van der Waals surface area contributed by atoms with E-state index in [1.807, 2.05) is 6.07 Å². The first-order valence-electron chi connectivity index (χ1n) is 5.70. The Labute approximate surface area is 90.5 Å². The van der Waals surface area contributed by atoms with Gasteiger partial charge in [-0.2, -0.15) is 0 Å². The first-order valence-corrected chi connectivity index (χ1v) is 5.70. The Kier molecular flexibility index (Phi) is 1.91. The predicted octanol–water partition coefficient (Wildman–Crippen LogP) is 1.52. The smallest absolute Gasteiger partial charge is 0.0926 e. The van der Waals surface area contributed by atoms with Crippen LogP contribution in [0.2, 0.25) is 0 Å². The molecule has 1 aromatic carbocycles. The molecule has 15 heavy (non-hydrogen) atoms. The maximum atomic E-state index is 10.6. The van der Waals surface area contributed by atoms with Gasteiger partial charge in [0.05, 0.1) is 5.60 Å². The molecule has 2 atom stereocenters. The van der Waals surface area contributed by atoms with Gasteiger partial charge < -0.3 is 10.0 Å². The molecule has 80 valence electrons. The van der Waals surface area contributed by atoms with E-state index in [1.54, 1.807) is 0 Å². The Morgan fingerprint density at radius 3 is 3.07 bits per heavy atom. The fourth-order valence-electron chi connectivity index (χ4n) is 3.07. The Hall–Kier alpha value is -0.860. The number of likely N-dealkylation sites (N-methyl/N-ethyl adjacent to an activating group) is 1. The minimum absolute atomic E-state index is 0.527. The van der Waals surface area contributed by atoms with Crippen LogP contribution in [0.5, 0.6) is 0 Å². The summed E-state index contributed by atoms with van der Waals surface area (Å²) in [5.41, 5.74) is 1.96. The van der Waals surface area contributed by atoms with Crippen LogP contribution < -0.4 is 0 Å². The minimum Gasteiger partial charge on any atom is -0.385 e. The van der Waals surface area contributed by atoms with Crippen LogP contribution in [-0.4, -0.2) is 29.6 Å². The van der Waals surface area contributed by atoms with Crippen molar-refractivity contribution in [3.8, 4) is 0 Å². The van der Waals surface area contributed by atoms with Crippen molar-refractivity contribution in [1.82, 2.24) is 4.90 Å². The fraction of sp³-hybridized carbons (Fsp3) is 0.538. The SMILES string of the molecule is CN1CC[C@@]2(O)C[C@H]1Cc1ccccc12. The van der Waals surface area contributed by atoms with Crippen LogP contribution in [0.4, 0.5) is 0 Å². The minimum atomic E-state index is -0.550. The van der Waals surface area contributed by atoms with Gasteiger partial charge in [-0.1, -0.05) is 24.3 Å². The molecule has 0 radical (unpaired) electrons. The zero-order chi connectivity index (χ0) is 10.5. The van der Waals surface area contributed by atoms with Crippen LogP contribution in [0.1, 0.15) is 24.0 Å². The monoisotopic (exact) mass is 203 g/mol. The molecule has 2 aliphatic rings. The van der Waals surface area contributed by atoms with Gasteiger partial charge in [-0.15, -0.1) is 0 Å². The zero-order valence-corrected chi connectivity index (χ0v) is 9.11. The lowest BCUT2D eigenvalue weighted by Crippen LogP contribution is -2.51. The molecule has 1 fully saturated rings. The highest BCUT2D eigenvalue weighted by Gasteiger charge is 2.43. The lowest BCUT2D eigenvalue weighted by Gasteiger charge is -2.47. The number of likely N-dealkylation sites (tertiary alicyclic amines) is 1. The van der Waals surface area contributed by atoms with E-state index in [9.17, 15) is 5.11 Å². The Morgan fingerprint density at radius 2 is 2.20 bits per heavy atom. The highest BCUT2D eigenvalue weighted by atomic mass is 16.3. The van der Waals surface area contributed by atoms with Gasteiger partial charge in [0.15, 0.2) is 0 Å². The quantitative estimate of drug-likeness (QED) is 0.691. The molecule has 1 aromatic rings. The third-order valence-corrected chi connectivity index (χ3v) is 4.05. The van der Waals surface area contributed by atoms with E-state index < -0.39 is 5.60 Å². The average Bonchev–Trinajstić information content (AvgIpc) is 2.25. The molecular weight excluding hydrogens is 186 g/mol. The van der Waals surface area contributed by atoms with Gasteiger partial charge in [0.1, 0.15) is 0 Å². The highest BCUT2D eigenvalue weighted by Crippen LogP contribution is 2.42. The van der Waals surface area contributed by atoms with Gasteiger partial charge in [0.25, 0.3) is 0 Å². The van der Waals surface area contributed by atoms with Crippen LogP contribution in [-0.2, 0) is 12.0 Å². The number of nitrogens with zero attached hydrogens (tertiary/aromatic N) is 1. The third-order valence-electron chi connectivity index (χ3n) is 4.05. The van der Waals surface area contributed by atoms with E-state index in [0.29, 0.717) is 6.04 Å². The number of rotatable bonds is 0. The lowest BCUT2D eigenvalue weighted by atomic mass is 9.72. The molecule has 0 unspecified atom stereocenters. The Balaban J connectivity index is 2.10. The molecule has 1 heterocycles. The van der Waals surface area contributed by atoms with Gasteiger partial charge in [0, 0.05) is 12.6 Å². The van der Waals surface area contributed by atoms with E-state index >= 15 is 0 Å². The molecule has 1 aliphatic heterocycles. The topological polar surface area (TPSA) is 23.5 Å². The summed E-state index contributed by atoms with van der Waals surface area (Å²) in [6, 6.07) is 8.89. The van der Waals surface area contributed by atoms with Crippen molar-refractivity contribution >= 4 is 0 Å². The zero-order valence-electron chi connectivity index (χ0n) is 9.11. The molecule has 0 amide bonds. The average molecular weight is 203 g/mol. The summed E-state index contributed by atoms with van der Waals surface area (Å²) < 4.78 is 0. The highest BCUT2D eigenvalue weighted by molar-refractivity contribution is 5.36. The summed E-state index contributed by atoms with van der Waals surface area (Å²) in [5.74, 6) is 0. The van der Waals surface area contributed by atoms with Crippen molar-refractivity contribution in [3.63, 3.8) is 0 Å². The molecule has 1 N–H and O–H groups in total. The molecular formula is C13H17NO. The van der Waals surface area contributed by atoms with Gasteiger partial charge in [-0.05, 0) is 37.4 Å². The second kappa shape index (κ2) is 3.06. The summed E-state index contributed by atoms with van der Waals surface area (Å²) in [6.07, 6.45) is 2.87. The molecule has 2 heteroatoms. The maximum Gasteiger partial charge on any atom is 0.0926 e. The molecule has 1 aliphatic carbocycles. The van der Waals surface area contributed by atoms with Crippen molar-refractivity contribution in [3.05, 3.63) is 35.4 Å². The summed E-state index contributed by atoms with van der Waals surface area (Å²) in [5, 5.41) is 10.6. The van der Waals surface area contributed by atoms with Crippen molar-refractivity contribution in [1.29, 1.82) is 0 Å². The third kappa shape index (κ3) is 1.32. The normalized spacial score (nSPS) is 34.9. The maximum absolute atomic E-state index is 10.6. The van der Waals surface area contributed by atoms with Crippen LogP contribution in [0.15, 0.2) is 24.3 Å². The van der Waals surface area contributed by atoms with Gasteiger partial charge in [-0.3, -0.25) is 0 Å². The first kappa shape index (κ1) is 9.37. The number of piperidine rings is 1. The number of benzene rings is 1. The van der Waals surface area contributed by atoms with Gasteiger partial charge >= 0.3 is 0 Å². The van der Waals surface area contributed by atoms with Crippen LogP contribution in [0.25, 0.3) is 0 Å². The molecule has 0 saturated carbocycles. The second-order valence-electron chi connectivity index (χ2n) is 4.98. The molecule has 1 saturated heterocycles. The van der Waals surface area contributed by atoms with Crippen molar-refractivity contribution in [2.24, 2.45) is 0 Å². The summed E-state index contributed by atoms with van der Waals surface area (Å²) in [7, 11) is 2.16. The molecule has 0 spiro atoms. The molecule has 0 aromatic heterocycles. The van der Waals surface area contributed by atoms with E-state index in [-0.39, 0.29) is 0 Å². The Morgan fingerprint density at radius 1 is 1.40 bits per heavy atom. The molecule has 2 bridgehead atoms. The number of fused-ring (bicyclic) bond motifs is 4. The van der Waals surface area contributed by atoms with Crippen LogP contribution in [0, 0.1) is 0 Å². The summed E-state index contributed by atoms with van der Waals surface area (Å²) >= 11 is 0. The van der Waals surface area contributed by atoms with E-state index in [2.05, 4.69) is 30.1 Å².